The van der Waals surface area contributed by atoms with Crippen LogP contribution in [0, 0.1) is 0 Å². The molecule has 1 fully saturated rings. The lowest BCUT2D eigenvalue weighted by molar-refractivity contribution is 0.169. The molecule has 6 heteroatoms. The van der Waals surface area contributed by atoms with Crippen molar-refractivity contribution >= 4 is 11.5 Å². The SMILES string of the molecule is CCCOc1ncnc(N2CC(C)N(C)C(C)C2)c1N. The Bertz CT molecular complexity index is 441. The number of nitrogens with two attached hydrogens (primary N) is 1. The van der Waals surface area contributed by atoms with E-state index in [4.69, 9.17) is 10.5 Å². The third-order valence-corrected chi connectivity index (χ3v) is 3.93. The number of rotatable bonds is 4. The summed E-state index contributed by atoms with van der Waals surface area (Å²) in [4.78, 5) is 13.1. The van der Waals surface area contributed by atoms with Gasteiger partial charge in [0.2, 0.25) is 5.88 Å². The number of nitrogens with zero attached hydrogens (tertiary/aromatic N) is 4. The molecule has 0 radical (unpaired) electrons. The summed E-state index contributed by atoms with van der Waals surface area (Å²) in [7, 11) is 2.16. The highest BCUT2D eigenvalue weighted by molar-refractivity contribution is 5.68. The number of hydrogen-bond donors (Lipinski definition) is 1. The van der Waals surface area contributed by atoms with Gasteiger partial charge in [-0.25, -0.2) is 4.98 Å². The zero-order valence-corrected chi connectivity index (χ0v) is 12.8. The lowest BCUT2D eigenvalue weighted by Crippen LogP contribution is -2.55. The lowest BCUT2D eigenvalue weighted by Gasteiger charge is -2.43. The molecular weight excluding hydrogens is 254 g/mol. The van der Waals surface area contributed by atoms with Gasteiger partial charge in [0, 0.05) is 25.2 Å². The quantitative estimate of drug-likeness (QED) is 0.898. The van der Waals surface area contributed by atoms with E-state index in [1.165, 1.54) is 6.33 Å². The molecule has 0 amide bonds. The molecule has 2 unspecified atom stereocenters. The van der Waals surface area contributed by atoms with Crippen LogP contribution in [-0.2, 0) is 0 Å². The molecule has 0 saturated carbocycles. The van der Waals surface area contributed by atoms with Crippen molar-refractivity contribution in [1.82, 2.24) is 14.9 Å². The van der Waals surface area contributed by atoms with Crippen LogP contribution in [-0.4, -0.2) is 53.7 Å². The molecule has 2 heterocycles. The van der Waals surface area contributed by atoms with Crippen molar-refractivity contribution in [3.63, 3.8) is 0 Å². The van der Waals surface area contributed by atoms with Gasteiger partial charge in [0.1, 0.15) is 12.0 Å². The summed E-state index contributed by atoms with van der Waals surface area (Å²) in [6.07, 6.45) is 2.46. The molecule has 2 N–H and O–H groups in total. The Kier molecular flexibility index (Phi) is 4.65. The number of likely N-dealkylation sites (N-methyl/N-ethyl adjacent to an activating group) is 1. The van der Waals surface area contributed by atoms with Crippen LogP contribution in [0.15, 0.2) is 6.33 Å². The van der Waals surface area contributed by atoms with Crippen molar-refractivity contribution in [3.05, 3.63) is 6.33 Å². The Labute approximate surface area is 120 Å². The van der Waals surface area contributed by atoms with E-state index in [1.807, 2.05) is 0 Å². The number of aromatic nitrogens is 2. The molecular formula is C14H25N5O. The maximum atomic E-state index is 6.18. The first-order valence-electron chi connectivity index (χ1n) is 7.24. The fourth-order valence-electron chi connectivity index (χ4n) is 2.51. The van der Waals surface area contributed by atoms with Gasteiger partial charge < -0.3 is 15.4 Å². The van der Waals surface area contributed by atoms with Crippen LogP contribution in [0.5, 0.6) is 5.88 Å². The van der Waals surface area contributed by atoms with Gasteiger partial charge >= 0.3 is 0 Å². The van der Waals surface area contributed by atoms with Crippen LogP contribution in [0.2, 0.25) is 0 Å². The number of ether oxygens (including phenoxy) is 1. The molecule has 112 valence electrons. The summed E-state index contributed by atoms with van der Waals surface area (Å²) in [5.41, 5.74) is 6.72. The Hall–Kier alpha value is -1.56. The number of hydrogen-bond acceptors (Lipinski definition) is 6. The van der Waals surface area contributed by atoms with E-state index >= 15 is 0 Å². The largest absolute Gasteiger partial charge is 0.476 e. The maximum absolute atomic E-state index is 6.18. The third kappa shape index (κ3) is 2.95. The van der Waals surface area contributed by atoms with Gasteiger partial charge in [0.15, 0.2) is 5.82 Å². The van der Waals surface area contributed by atoms with Crippen molar-refractivity contribution in [2.75, 3.05) is 37.4 Å². The van der Waals surface area contributed by atoms with Crippen LogP contribution >= 0.6 is 0 Å². The van der Waals surface area contributed by atoms with Gasteiger partial charge in [-0.05, 0) is 27.3 Å². The maximum Gasteiger partial charge on any atom is 0.242 e. The first kappa shape index (κ1) is 14.8. The molecule has 1 aromatic heterocycles. The Balaban J connectivity index is 2.20. The highest BCUT2D eigenvalue weighted by Crippen LogP contribution is 2.30. The molecule has 2 rings (SSSR count). The number of nitrogen functional groups attached to an aromatic ring is 1. The summed E-state index contributed by atoms with van der Waals surface area (Å²) in [5, 5.41) is 0. The normalized spacial score (nSPS) is 23.9. The summed E-state index contributed by atoms with van der Waals surface area (Å²) in [5.74, 6) is 1.29. The minimum Gasteiger partial charge on any atom is -0.476 e. The van der Waals surface area contributed by atoms with Gasteiger partial charge in [0.05, 0.1) is 6.61 Å². The summed E-state index contributed by atoms with van der Waals surface area (Å²) in [6, 6.07) is 0.932. The van der Waals surface area contributed by atoms with Crippen molar-refractivity contribution in [2.45, 2.75) is 39.3 Å². The van der Waals surface area contributed by atoms with Crippen molar-refractivity contribution < 1.29 is 4.74 Å². The average molecular weight is 279 g/mol. The average Bonchev–Trinajstić information content (AvgIpc) is 2.43. The van der Waals surface area contributed by atoms with E-state index in [0.29, 0.717) is 30.3 Å². The second kappa shape index (κ2) is 6.26. The van der Waals surface area contributed by atoms with E-state index in [-0.39, 0.29) is 0 Å². The van der Waals surface area contributed by atoms with Crippen LogP contribution in [0.1, 0.15) is 27.2 Å². The molecule has 0 aliphatic carbocycles. The molecule has 2 atom stereocenters. The van der Waals surface area contributed by atoms with Crippen LogP contribution in [0.25, 0.3) is 0 Å². The minimum absolute atomic E-state index is 0.466. The second-order valence-electron chi connectivity index (χ2n) is 5.53. The van der Waals surface area contributed by atoms with Gasteiger partial charge in [-0.2, -0.15) is 4.98 Å². The van der Waals surface area contributed by atoms with Crippen molar-refractivity contribution in [3.8, 4) is 5.88 Å². The van der Waals surface area contributed by atoms with Crippen LogP contribution in [0.4, 0.5) is 11.5 Å². The van der Waals surface area contributed by atoms with E-state index in [0.717, 1.165) is 25.3 Å². The molecule has 1 saturated heterocycles. The smallest absolute Gasteiger partial charge is 0.242 e. The van der Waals surface area contributed by atoms with Crippen molar-refractivity contribution in [2.24, 2.45) is 0 Å². The molecule has 20 heavy (non-hydrogen) atoms. The fraction of sp³-hybridized carbons (Fsp3) is 0.714. The first-order chi connectivity index (χ1) is 9.54. The summed E-state index contributed by atoms with van der Waals surface area (Å²) in [6.45, 7) is 8.94. The van der Waals surface area contributed by atoms with E-state index in [2.05, 4.69) is 47.6 Å². The topological polar surface area (TPSA) is 67.5 Å². The molecule has 0 bridgehead atoms. The van der Waals surface area contributed by atoms with Crippen LogP contribution in [0.3, 0.4) is 0 Å². The van der Waals surface area contributed by atoms with E-state index in [9.17, 15) is 0 Å². The lowest BCUT2D eigenvalue weighted by atomic mass is 10.1. The van der Waals surface area contributed by atoms with Gasteiger partial charge in [0.25, 0.3) is 0 Å². The van der Waals surface area contributed by atoms with E-state index in [1.54, 1.807) is 0 Å². The highest BCUT2D eigenvalue weighted by Gasteiger charge is 2.28. The predicted octanol–water partition coefficient (Wildman–Crippen LogP) is 1.38. The molecule has 1 aromatic rings. The van der Waals surface area contributed by atoms with Crippen molar-refractivity contribution in [1.29, 1.82) is 0 Å². The summed E-state index contributed by atoms with van der Waals surface area (Å²) < 4.78 is 5.58. The Morgan fingerprint density at radius 1 is 1.30 bits per heavy atom. The Morgan fingerprint density at radius 2 is 1.95 bits per heavy atom. The predicted molar refractivity (Wildman–Crippen MR) is 81.1 cm³/mol. The zero-order chi connectivity index (χ0) is 14.7. The minimum atomic E-state index is 0.466. The highest BCUT2D eigenvalue weighted by atomic mass is 16.5. The number of anilines is 2. The monoisotopic (exact) mass is 279 g/mol. The zero-order valence-electron chi connectivity index (χ0n) is 12.8. The third-order valence-electron chi connectivity index (χ3n) is 3.93. The van der Waals surface area contributed by atoms with Gasteiger partial charge in [-0.1, -0.05) is 6.92 Å². The Morgan fingerprint density at radius 3 is 2.55 bits per heavy atom. The van der Waals surface area contributed by atoms with E-state index < -0.39 is 0 Å². The summed E-state index contributed by atoms with van der Waals surface area (Å²) >= 11 is 0. The van der Waals surface area contributed by atoms with Gasteiger partial charge in [-0.15, -0.1) is 0 Å². The molecule has 1 aliphatic rings. The standard InChI is InChI=1S/C14H25N5O/c1-5-6-20-14-12(15)13(16-9-17-14)19-7-10(2)18(4)11(3)8-19/h9-11H,5-8,15H2,1-4H3. The molecule has 0 aromatic carbocycles. The molecule has 6 nitrogen and oxygen atoms in total. The van der Waals surface area contributed by atoms with Crippen LogP contribution < -0.4 is 15.4 Å². The fourth-order valence-corrected chi connectivity index (χ4v) is 2.51. The van der Waals surface area contributed by atoms with Gasteiger partial charge in [-0.3, -0.25) is 4.90 Å². The first-order valence-corrected chi connectivity index (χ1v) is 7.24. The molecule has 0 spiro atoms. The number of piperazine rings is 1. The molecule has 1 aliphatic heterocycles. The second-order valence-corrected chi connectivity index (χ2v) is 5.53.